The molecule has 0 saturated carbocycles. The summed E-state index contributed by atoms with van der Waals surface area (Å²) in [5, 5.41) is 0. The number of carbonyl (C=O) groups is 1. The van der Waals surface area contributed by atoms with Gasteiger partial charge >= 0.3 is 0 Å². The molecule has 1 amide bonds. The van der Waals surface area contributed by atoms with E-state index in [9.17, 15) is 4.79 Å². The number of nitrogen functional groups attached to an aromatic ring is 1. The van der Waals surface area contributed by atoms with Gasteiger partial charge in [0.25, 0.3) is 0 Å². The van der Waals surface area contributed by atoms with Crippen molar-refractivity contribution in [2.45, 2.75) is 33.8 Å². The summed E-state index contributed by atoms with van der Waals surface area (Å²) in [6.45, 7) is 9.68. The SMILES string of the molecule is CCN(CC)C(=O)CN(C)c1cc(N)cc(OC(C)C)c1. The summed E-state index contributed by atoms with van der Waals surface area (Å²) in [7, 11) is 1.88. The Morgan fingerprint density at radius 3 is 2.38 bits per heavy atom. The van der Waals surface area contributed by atoms with Crippen LogP contribution < -0.4 is 15.4 Å². The molecule has 1 aromatic rings. The predicted molar refractivity (Wildman–Crippen MR) is 87.8 cm³/mol. The van der Waals surface area contributed by atoms with Gasteiger partial charge in [-0.05, 0) is 33.8 Å². The van der Waals surface area contributed by atoms with Gasteiger partial charge in [0.2, 0.25) is 5.91 Å². The van der Waals surface area contributed by atoms with Crippen LogP contribution in [0.3, 0.4) is 0 Å². The van der Waals surface area contributed by atoms with Crippen LogP contribution >= 0.6 is 0 Å². The van der Waals surface area contributed by atoms with Crippen LogP contribution in [0.5, 0.6) is 5.75 Å². The van der Waals surface area contributed by atoms with Gasteiger partial charge in [0.1, 0.15) is 5.75 Å². The fourth-order valence-electron chi connectivity index (χ4n) is 2.14. The smallest absolute Gasteiger partial charge is 0.242 e. The van der Waals surface area contributed by atoms with Gasteiger partial charge in [-0.15, -0.1) is 0 Å². The molecule has 0 aliphatic rings. The average Bonchev–Trinajstić information content (AvgIpc) is 2.38. The summed E-state index contributed by atoms with van der Waals surface area (Å²) in [5.74, 6) is 0.832. The van der Waals surface area contributed by atoms with E-state index >= 15 is 0 Å². The minimum absolute atomic E-state index is 0.0854. The van der Waals surface area contributed by atoms with Crippen LogP contribution in [0.4, 0.5) is 11.4 Å². The number of likely N-dealkylation sites (N-methyl/N-ethyl adjacent to an activating group) is 2. The molecule has 0 bridgehead atoms. The molecular formula is C16H27N3O2. The van der Waals surface area contributed by atoms with Crippen molar-refractivity contribution in [1.82, 2.24) is 4.90 Å². The molecule has 1 rings (SSSR count). The van der Waals surface area contributed by atoms with Crippen LogP contribution in [0.2, 0.25) is 0 Å². The van der Waals surface area contributed by atoms with E-state index < -0.39 is 0 Å². The molecule has 21 heavy (non-hydrogen) atoms. The number of hydrogen-bond donors (Lipinski definition) is 1. The van der Waals surface area contributed by atoms with E-state index in [4.69, 9.17) is 10.5 Å². The van der Waals surface area contributed by atoms with E-state index in [1.807, 2.05) is 56.7 Å². The topological polar surface area (TPSA) is 58.8 Å². The number of hydrogen-bond acceptors (Lipinski definition) is 4. The van der Waals surface area contributed by atoms with Crippen molar-refractivity contribution >= 4 is 17.3 Å². The molecule has 5 heteroatoms. The van der Waals surface area contributed by atoms with E-state index in [1.165, 1.54) is 0 Å². The monoisotopic (exact) mass is 293 g/mol. The highest BCUT2D eigenvalue weighted by Crippen LogP contribution is 2.25. The van der Waals surface area contributed by atoms with Crippen LogP contribution in [-0.4, -0.2) is 43.6 Å². The molecule has 0 heterocycles. The van der Waals surface area contributed by atoms with E-state index in [-0.39, 0.29) is 12.0 Å². The van der Waals surface area contributed by atoms with Crippen LogP contribution in [0.1, 0.15) is 27.7 Å². The van der Waals surface area contributed by atoms with Gasteiger partial charge in [-0.3, -0.25) is 4.79 Å². The van der Waals surface area contributed by atoms with Gasteiger partial charge in [-0.25, -0.2) is 0 Å². The summed E-state index contributed by atoms with van der Waals surface area (Å²) in [5.41, 5.74) is 7.42. The van der Waals surface area contributed by atoms with Crippen molar-refractivity contribution < 1.29 is 9.53 Å². The molecule has 5 nitrogen and oxygen atoms in total. The highest BCUT2D eigenvalue weighted by atomic mass is 16.5. The lowest BCUT2D eigenvalue weighted by Crippen LogP contribution is -2.38. The molecule has 0 unspecified atom stereocenters. The number of nitrogens with zero attached hydrogens (tertiary/aromatic N) is 2. The number of amides is 1. The second kappa shape index (κ2) is 7.76. The molecule has 0 saturated heterocycles. The molecule has 0 aliphatic heterocycles. The largest absolute Gasteiger partial charge is 0.491 e. The zero-order chi connectivity index (χ0) is 16.0. The Morgan fingerprint density at radius 1 is 1.24 bits per heavy atom. The van der Waals surface area contributed by atoms with E-state index in [2.05, 4.69) is 0 Å². The van der Waals surface area contributed by atoms with Gasteiger partial charge in [0.15, 0.2) is 0 Å². The van der Waals surface area contributed by atoms with Crippen molar-refractivity contribution in [2.75, 3.05) is 37.3 Å². The van der Waals surface area contributed by atoms with Gasteiger partial charge in [-0.1, -0.05) is 0 Å². The second-order valence-corrected chi connectivity index (χ2v) is 5.35. The van der Waals surface area contributed by atoms with Crippen molar-refractivity contribution in [3.8, 4) is 5.75 Å². The Hall–Kier alpha value is -1.91. The Balaban J connectivity index is 2.84. The van der Waals surface area contributed by atoms with Gasteiger partial charge in [-0.2, -0.15) is 0 Å². The Morgan fingerprint density at radius 2 is 1.86 bits per heavy atom. The van der Waals surface area contributed by atoms with Gasteiger partial charge in [0, 0.05) is 43.6 Å². The molecule has 1 aromatic carbocycles. The van der Waals surface area contributed by atoms with E-state index in [1.54, 1.807) is 6.07 Å². The highest BCUT2D eigenvalue weighted by molar-refractivity contribution is 5.81. The third kappa shape index (κ3) is 5.17. The van der Waals surface area contributed by atoms with Crippen molar-refractivity contribution in [1.29, 1.82) is 0 Å². The molecule has 0 atom stereocenters. The van der Waals surface area contributed by atoms with E-state index in [0.717, 1.165) is 24.5 Å². The molecule has 0 aliphatic carbocycles. The quantitative estimate of drug-likeness (QED) is 0.784. The lowest BCUT2D eigenvalue weighted by atomic mass is 10.2. The maximum absolute atomic E-state index is 12.2. The highest BCUT2D eigenvalue weighted by Gasteiger charge is 2.14. The summed E-state index contributed by atoms with van der Waals surface area (Å²) < 4.78 is 5.68. The van der Waals surface area contributed by atoms with Crippen molar-refractivity contribution in [3.63, 3.8) is 0 Å². The molecule has 0 aromatic heterocycles. The van der Waals surface area contributed by atoms with Crippen LogP contribution in [0.25, 0.3) is 0 Å². The van der Waals surface area contributed by atoms with Gasteiger partial charge in [0.05, 0.1) is 12.6 Å². The first kappa shape index (κ1) is 17.1. The molecule has 0 radical (unpaired) electrons. The Kier molecular flexibility index (Phi) is 6.34. The summed E-state index contributed by atoms with van der Waals surface area (Å²) in [6, 6.07) is 5.55. The first-order valence-corrected chi connectivity index (χ1v) is 7.43. The zero-order valence-electron chi connectivity index (χ0n) is 13.7. The lowest BCUT2D eigenvalue weighted by Gasteiger charge is -2.25. The number of ether oxygens (including phenoxy) is 1. The number of benzene rings is 1. The number of carbonyl (C=O) groups excluding carboxylic acids is 1. The maximum Gasteiger partial charge on any atom is 0.242 e. The third-order valence-electron chi connectivity index (χ3n) is 3.21. The maximum atomic E-state index is 12.2. The minimum atomic E-state index is 0.0854. The van der Waals surface area contributed by atoms with Crippen LogP contribution in [0.15, 0.2) is 18.2 Å². The predicted octanol–water partition coefficient (Wildman–Crippen LogP) is 2.36. The first-order chi connectivity index (χ1) is 9.87. The van der Waals surface area contributed by atoms with Gasteiger partial charge < -0.3 is 20.3 Å². The standard InChI is InChI=1S/C16H27N3O2/c1-6-19(7-2)16(20)11-18(5)14-8-13(17)9-15(10-14)21-12(3)4/h8-10,12H,6-7,11,17H2,1-5H3. The molecular weight excluding hydrogens is 266 g/mol. The second-order valence-electron chi connectivity index (χ2n) is 5.35. The summed E-state index contributed by atoms with van der Waals surface area (Å²) >= 11 is 0. The zero-order valence-corrected chi connectivity index (χ0v) is 13.7. The number of rotatable bonds is 7. The normalized spacial score (nSPS) is 10.6. The lowest BCUT2D eigenvalue weighted by molar-refractivity contribution is -0.129. The minimum Gasteiger partial charge on any atom is -0.491 e. The third-order valence-corrected chi connectivity index (χ3v) is 3.21. The molecule has 2 N–H and O–H groups in total. The first-order valence-electron chi connectivity index (χ1n) is 7.43. The average molecular weight is 293 g/mol. The van der Waals surface area contributed by atoms with Crippen LogP contribution in [0, 0.1) is 0 Å². The van der Waals surface area contributed by atoms with Crippen molar-refractivity contribution in [2.24, 2.45) is 0 Å². The molecule has 0 spiro atoms. The summed E-state index contributed by atoms with van der Waals surface area (Å²) in [6.07, 6.45) is 0.0854. The fraction of sp³-hybridized carbons (Fsp3) is 0.562. The number of anilines is 2. The Bertz CT molecular complexity index is 471. The molecule has 118 valence electrons. The molecule has 0 fully saturated rings. The van der Waals surface area contributed by atoms with Crippen molar-refractivity contribution in [3.05, 3.63) is 18.2 Å². The number of nitrogens with two attached hydrogens (primary N) is 1. The van der Waals surface area contributed by atoms with Crippen LogP contribution in [-0.2, 0) is 4.79 Å². The van der Waals surface area contributed by atoms with E-state index in [0.29, 0.717) is 12.2 Å². The Labute approximate surface area is 127 Å². The fourth-order valence-corrected chi connectivity index (χ4v) is 2.14. The summed E-state index contributed by atoms with van der Waals surface area (Å²) in [4.78, 5) is 15.9.